The fourth-order valence-corrected chi connectivity index (χ4v) is 1.72. The summed E-state index contributed by atoms with van der Waals surface area (Å²) in [6, 6.07) is 0. The van der Waals surface area contributed by atoms with E-state index in [4.69, 9.17) is 9.84 Å². The molecule has 1 saturated heterocycles. The normalized spacial score (nSPS) is 21.4. The molecule has 0 unspecified atom stereocenters. The van der Waals surface area contributed by atoms with Crippen molar-refractivity contribution in [3.63, 3.8) is 0 Å². The van der Waals surface area contributed by atoms with Gasteiger partial charge >= 0.3 is 5.97 Å². The standard InChI is InChI=1S/C9H12N2O3/c1-11-4-7(9(12)13)8(10-11)6-2-3-14-5-6/h4,6H,2-3,5H2,1H3,(H,12,13)/t6-/m1/s1. The van der Waals surface area contributed by atoms with Crippen LogP contribution in [0.4, 0.5) is 0 Å². The Hall–Kier alpha value is -1.36. The third-order valence-electron chi connectivity index (χ3n) is 2.40. The van der Waals surface area contributed by atoms with Crippen molar-refractivity contribution in [1.29, 1.82) is 0 Å². The molecule has 2 rings (SSSR count). The number of rotatable bonds is 2. The fourth-order valence-electron chi connectivity index (χ4n) is 1.72. The van der Waals surface area contributed by atoms with Crippen molar-refractivity contribution >= 4 is 5.97 Å². The minimum Gasteiger partial charge on any atom is -0.478 e. The Morgan fingerprint density at radius 1 is 1.79 bits per heavy atom. The Labute approximate surface area is 81.3 Å². The van der Waals surface area contributed by atoms with Gasteiger partial charge in [-0.1, -0.05) is 0 Å². The molecule has 2 heterocycles. The summed E-state index contributed by atoms with van der Waals surface area (Å²) in [4.78, 5) is 10.9. The zero-order valence-corrected chi connectivity index (χ0v) is 7.93. The molecular weight excluding hydrogens is 184 g/mol. The van der Waals surface area contributed by atoms with Crippen molar-refractivity contribution in [3.05, 3.63) is 17.5 Å². The molecule has 0 spiro atoms. The van der Waals surface area contributed by atoms with Crippen LogP contribution in [-0.2, 0) is 11.8 Å². The monoisotopic (exact) mass is 196 g/mol. The van der Waals surface area contributed by atoms with Crippen molar-refractivity contribution in [2.24, 2.45) is 7.05 Å². The molecule has 1 aliphatic heterocycles. The number of aromatic nitrogens is 2. The summed E-state index contributed by atoms with van der Waals surface area (Å²) in [5.74, 6) is -0.776. The number of hydrogen-bond donors (Lipinski definition) is 1. The second kappa shape index (κ2) is 3.42. The number of carboxylic acids is 1. The first-order chi connectivity index (χ1) is 6.68. The number of aryl methyl sites for hydroxylation is 1. The van der Waals surface area contributed by atoms with E-state index in [0.717, 1.165) is 6.42 Å². The lowest BCUT2D eigenvalue weighted by atomic mass is 10.0. The van der Waals surface area contributed by atoms with Crippen molar-refractivity contribution in [2.45, 2.75) is 12.3 Å². The van der Waals surface area contributed by atoms with Gasteiger partial charge in [-0.05, 0) is 6.42 Å². The van der Waals surface area contributed by atoms with Crippen LogP contribution in [0.3, 0.4) is 0 Å². The van der Waals surface area contributed by atoms with Gasteiger partial charge in [-0.3, -0.25) is 4.68 Å². The summed E-state index contributed by atoms with van der Waals surface area (Å²) in [6.45, 7) is 1.28. The quantitative estimate of drug-likeness (QED) is 0.753. The van der Waals surface area contributed by atoms with Crippen LogP contribution in [0.25, 0.3) is 0 Å². The molecule has 1 aromatic heterocycles. The van der Waals surface area contributed by atoms with E-state index < -0.39 is 5.97 Å². The summed E-state index contributed by atoms with van der Waals surface area (Å²) in [6.07, 6.45) is 2.40. The molecule has 1 aliphatic rings. The summed E-state index contributed by atoms with van der Waals surface area (Å²) in [7, 11) is 1.73. The number of aromatic carboxylic acids is 1. The van der Waals surface area contributed by atoms with E-state index in [-0.39, 0.29) is 5.92 Å². The van der Waals surface area contributed by atoms with E-state index in [1.807, 2.05) is 0 Å². The molecule has 1 aromatic rings. The van der Waals surface area contributed by atoms with Crippen LogP contribution >= 0.6 is 0 Å². The van der Waals surface area contributed by atoms with Gasteiger partial charge in [0.15, 0.2) is 0 Å². The first-order valence-corrected chi connectivity index (χ1v) is 4.53. The molecule has 5 heteroatoms. The Morgan fingerprint density at radius 2 is 2.57 bits per heavy atom. The largest absolute Gasteiger partial charge is 0.478 e. The van der Waals surface area contributed by atoms with E-state index in [0.29, 0.717) is 24.5 Å². The van der Waals surface area contributed by atoms with E-state index in [1.165, 1.54) is 10.9 Å². The zero-order chi connectivity index (χ0) is 10.1. The minimum atomic E-state index is -0.917. The van der Waals surface area contributed by atoms with E-state index in [9.17, 15) is 4.79 Å². The van der Waals surface area contributed by atoms with E-state index >= 15 is 0 Å². The topological polar surface area (TPSA) is 64.4 Å². The van der Waals surface area contributed by atoms with Crippen LogP contribution in [-0.4, -0.2) is 34.1 Å². The van der Waals surface area contributed by atoms with Gasteiger partial charge in [-0.25, -0.2) is 4.79 Å². The second-order valence-electron chi connectivity index (χ2n) is 3.47. The molecular formula is C9H12N2O3. The zero-order valence-electron chi connectivity index (χ0n) is 7.93. The molecule has 0 radical (unpaired) electrons. The predicted molar refractivity (Wildman–Crippen MR) is 48.3 cm³/mol. The van der Waals surface area contributed by atoms with Gasteiger partial charge in [0, 0.05) is 25.8 Å². The Morgan fingerprint density at radius 3 is 3.14 bits per heavy atom. The Balaban J connectivity index is 2.35. The smallest absolute Gasteiger partial charge is 0.339 e. The molecule has 0 bridgehead atoms. The first-order valence-electron chi connectivity index (χ1n) is 4.53. The average molecular weight is 196 g/mol. The summed E-state index contributed by atoms with van der Waals surface area (Å²) >= 11 is 0. The van der Waals surface area contributed by atoms with Crippen LogP contribution in [0.1, 0.15) is 28.4 Å². The van der Waals surface area contributed by atoms with Gasteiger partial charge in [0.25, 0.3) is 0 Å². The van der Waals surface area contributed by atoms with Gasteiger partial charge in [-0.2, -0.15) is 5.10 Å². The number of carboxylic acid groups (broad SMARTS) is 1. The van der Waals surface area contributed by atoms with Gasteiger partial charge in [0.05, 0.1) is 12.3 Å². The van der Waals surface area contributed by atoms with Crippen LogP contribution in [0.5, 0.6) is 0 Å². The molecule has 1 fully saturated rings. The number of carbonyl (C=O) groups is 1. The van der Waals surface area contributed by atoms with E-state index in [1.54, 1.807) is 7.05 Å². The highest BCUT2D eigenvalue weighted by molar-refractivity contribution is 5.88. The van der Waals surface area contributed by atoms with Gasteiger partial charge < -0.3 is 9.84 Å². The lowest BCUT2D eigenvalue weighted by Crippen LogP contribution is -2.06. The molecule has 5 nitrogen and oxygen atoms in total. The average Bonchev–Trinajstić information content (AvgIpc) is 2.70. The van der Waals surface area contributed by atoms with Gasteiger partial charge in [-0.15, -0.1) is 0 Å². The SMILES string of the molecule is Cn1cc(C(=O)O)c([C@@H]2CCOC2)n1. The number of hydrogen-bond acceptors (Lipinski definition) is 3. The maximum Gasteiger partial charge on any atom is 0.339 e. The van der Waals surface area contributed by atoms with Crippen molar-refractivity contribution < 1.29 is 14.6 Å². The van der Waals surface area contributed by atoms with Gasteiger partial charge in [0.1, 0.15) is 5.56 Å². The molecule has 0 amide bonds. The maximum absolute atomic E-state index is 10.9. The summed E-state index contributed by atoms with van der Waals surface area (Å²) in [5, 5.41) is 13.1. The second-order valence-corrected chi connectivity index (χ2v) is 3.47. The highest BCUT2D eigenvalue weighted by atomic mass is 16.5. The minimum absolute atomic E-state index is 0.141. The third kappa shape index (κ3) is 1.50. The number of nitrogens with zero attached hydrogens (tertiary/aromatic N) is 2. The van der Waals surface area contributed by atoms with E-state index in [2.05, 4.69) is 5.10 Å². The molecule has 76 valence electrons. The Bertz CT molecular complexity index is 353. The van der Waals surface area contributed by atoms with Crippen molar-refractivity contribution in [3.8, 4) is 0 Å². The van der Waals surface area contributed by atoms with Crippen LogP contribution in [0.2, 0.25) is 0 Å². The predicted octanol–water partition coefficient (Wildman–Crippen LogP) is 0.622. The van der Waals surface area contributed by atoms with Crippen LogP contribution < -0.4 is 0 Å². The molecule has 0 aliphatic carbocycles. The number of ether oxygens (including phenoxy) is 1. The summed E-state index contributed by atoms with van der Waals surface area (Å²) < 4.78 is 6.75. The fraction of sp³-hybridized carbons (Fsp3) is 0.556. The molecule has 14 heavy (non-hydrogen) atoms. The highest BCUT2D eigenvalue weighted by Gasteiger charge is 2.26. The lowest BCUT2D eigenvalue weighted by Gasteiger charge is -2.03. The Kier molecular flexibility index (Phi) is 2.25. The van der Waals surface area contributed by atoms with Crippen molar-refractivity contribution in [2.75, 3.05) is 13.2 Å². The lowest BCUT2D eigenvalue weighted by molar-refractivity contribution is 0.0695. The maximum atomic E-state index is 10.9. The molecule has 1 atom stereocenters. The molecule has 0 aromatic carbocycles. The highest BCUT2D eigenvalue weighted by Crippen LogP contribution is 2.26. The first kappa shape index (κ1) is 9.21. The third-order valence-corrected chi connectivity index (χ3v) is 2.40. The van der Waals surface area contributed by atoms with Crippen LogP contribution in [0.15, 0.2) is 6.20 Å². The summed E-state index contributed by atoms with van der Waals surface area (Å²) in [5.41, 5.74) is 0.945. The molecule has 1 N–H and O–H groups in total. The van der Waals surface area contributed by atoms with Crippen LogP contribution in [0, 0.1) is 0 Å². The van der Waals surface area contributed by atoms with Crippen molar-refractivity contribution in [1.82, 2.24) is 9.78 Å². The molecule has 0 saturated carbocycles. The van der Waals surface area contributed by atoms with Gasteiger partial charge in [0.2, 0.25) is 0 Å².